The number of hydrogen-bond donors (Lipinski definition) is 1. The lowest BCUT2D eigenvalue weighted by Gasteiger charge is -2.17. The minimum Gasteiger partial charge on any atom is -0.279 e. The summed E-state index contributed by atoms with van der Waals surface area (Å²) in [6.07, 6.45) is 4.53. The molecule has 1 aliphatic heterocycles. The Hall–Kier alpha value is -0.510. The van der Waals surface area contributed by atoms with Crippen LogP contribution in [0.5, 0.6) is 0 Å². The van der Waals surface area contributed by atoms with Crippen LogP contribution in [0.25, 0.3) is 0 Å². The van der Waals surface area contributed by atoms with E-state index in [1.807, 2.05) is 0 Å². The number of nitrogens with zero attached hydrogens (tertiary/aromatic N) is 1. The van der Waals surface area contributed by atoms with Crippen LogP contribution in [0.2, 0.25) is 0 Å². The van der Waals surface area contributed by atoms with Crippen LogP contribution in [0.4, 0.5) is 17.7 Å². The molecule has 0 aromatic heterocycles. The highest BCUT2D eigenvalue weighted by Gasteiger charge is 2.44. The Morgan fingerprint density at radius 1 is 1.41 bits per heavy atom. The van der Waals surface area contributed by atoms with Crippen LogP contribution >= 0.6 is 23.2 Å². The molecule has 1 N–H and O–H groups in total. The van der Waals surface area contributed by atoms with Gasteiger partial charge < -0.3 is 0 Å². The van der Waals surface area contributed by atoms with Gasteiger partial charge in [-0.25, -0.2) is 0 Å². The lowest BCUT2D eigenvalue weighted by atomic mass is 10.4. The molecule has 0 saturated carbocycles. The van der Waals surface area contributed by atoms with E-state index in [9.17, 15) is 17.7 Å². The molecule has 0 aromatic rings. The summed E-state index contributed by atoms with van der Waals surface area (Å²) in [5, 5.41) is 0.292. The smallest absolute Gasteiger partial charge is 0.279 e. The largest absolute Gasteiger partial charge is 0.522 e. The zero-order valence-electron chi connectivity index (χ0n) is 7.70. The van der Waals surface area contributed by atoms with E-state index in [2.05, 4.69) is 0 Å². The van der Waals surface area contributed by atoms with Crippen molar-refractivity contribution in [2.75, 3.05) is 0 Å². The first-order chi connectivity index (χ1) is 7.47. The molecule has 0 aromatic carbocycles. The van der Waals surface area contributed by atoms with Crippen molar-refractivity contribution < 1.29 is 30.6 Å². The number of halogens is 6. The average molecular weight is 318 g/mol. The van der Waals surface area contributed by atoms with E-state index >= 15 is 0 Å². The minimum absolute atomic E-state index is 0.0116. The molecule has 100 valence electrons. The van der Waals surface area contributed by atoms with Gasteiger partial charge >= 0.3 is 15.6 Å². The van der Waals surface area contributed by atoms with E-state index in [1.165, 1.54) is 12.2 Å². The van der Waals surface area contributed by atoms with Crippen LogP contribution in [0, 0.1) is 0 Å². The molecule has 1 rings (SSSR count). The van der Waals surface area contributed by atoms with Crippen molar-refractivity contribution >= 4 is 33.3 Å². The summed E-state index contributed by atoms with van der Waals surface area (Å²) < 4.78 is 70.0. The standard InChI is InChI=1S/C5H4Cl2FN.CHF3O3S/c6-4-2-1-3-5(7)9(4)8;2-1(3,4)8(5,6)7/h1-4H;(H,5,6,7). The third-order valence-electron chi connectivity index (χ3n) is 1.22. The van der Waals surface area contributed by atoms with Crippen molar-refractivity contribution in [1.29, 1.82) is 0 Å². The van der Waals surface area contributed by atoms with Gasteiger partial charge in [0.25, 0.3) is 0 Å². The van der Waals surface area contributed by atoms with Gasteiger partial charge in [-0.15, -0.1) is 0 Å². The summed E-state index contributed by atoms with van der Waals surface area (Å²) in [6.45, 7) is 0. The van der Waals surface area contributed by atoms with Gasteiger partial charge in [0.2, 0.25) is 0 Å². The highest BCUT2D eigenvalue weighted by Crippen LogP contribution is 2.21. The van der Waals surface area contributed by atoms with E-state index in [0.717, 1.165) is 0 Å². The van der Waals surface area contributed by atoms with Gasteiger partial charge in [0, 0.05) is 0 Å². The zero-order chi connectivity index (χ0) is 13.9. The van der Waals surface area contributed by atoms with Crippen molar-refractivity contribution in [3.8, 4) is 0 Å². The summed E-state index contributed by atoms with van der Waals surface area (Å²) in [4.78, 5) is 0. The van der Waals surface area contributed by atoms with Crippen LogP contribution in [-0.4, -0.2) is 29.1 Å². The second-order valence-corrected chi connectivity index (χ2v) is 4.73. The summed E-state index contributed by atoms with van der Waals surface area (Å²) >= 11 is 10.7. The lowest BCUT2D eigenvalue weighted by molar-refractivity contribution is -0.0510. The summed E-state index contributed by atoms with van der Waals surface area (Å²) in [5.74, 6) is 0. The molecule has 1 heterocycles. The van der Waals surface area contributed by atoms with Gasteiger partial charge in [0.15, 0.2) is 5.50 Å². The Labute approximate surface area is 104 Å². The van der Waals surface area contributed by atoms with Gasteiger partial charge in [0.1, 0.15) is 5.16 Å². The van der Waals surface area contributed by atoms with Crippen LogP contribution in [0.3, 0.4) is 0 Å². The number of alkyl halides is 4. The number of hydrogen-bond acceptors (Lipinski definition) is 3. The molecule has 17 heavy (non-hydrogen) atoms. The van der Waals surface area contributed by atoms with Gasteiger partial charge in [-0.1, -0.05) is 33.8 Å². The molecule has 1 aliphatic rings. The first-order valence-electron chi connectivity index (χ1n) is 3.63. The highest BCUT2D eigenvalue weighted by atomic mass is 35.5. The Morgan fingerprint density at radius 3 is 2.06 bits per heavy atom. The normalized spacial score (nSPS) is 20.5. The molecule has 0 spiro atoms. The van der Waals surface area contributed by atoms with E-state index < -0.39 is 21.1 Å². The third kappa shape index (κ3) is 5.57. The molecule has 1 unspecified atom stereocenters. The van der Waals surface area contributed by atoms with E-state index in [1.54, 1.807) is 6.08 Å². The van der Waals surface area contributed by atoms with Gasteiger partial charge in [-0.2, -0.15) is 26.7 Å². The molecule has 0 radical (unpaired) electrons. The van der Waals surface area contributed by atoms with Crippen molar-refractivity contribution in [3.05, 3.63) is 23.4 Å². The van der Waals surface area contributed by atoms with Crippen molar-refractivity contribution in [2.24, 2.45) is 0 Å². The zero-order valence-corrected chi connectivity index (χ0v) is 10.0. The Bertz CT molecular complexity index is 419. The topological polar surface area (TPSA) is 57.6 Å². The Kier molecular flexibility index (Phi) is 5.72. The fraction of sp³-hybridized carbons (Fsp3) is 0.333. The summed E-state index contributed by atoms with van der Waals surface area (Å²) in [6, 6.07) is 0. The summed E-state index contributed by atoms with van der Waals surface area (Å²) in [7, 11) is -5.84. The molecule has 0 bridgehead atoms. The van der Waals surface area contributed by atoms with Crippen LogP contribution in [0.15, 0.2) is 23.4 Å². The predicted octanol–water partition coefficient (Wildman–Crippen LogP) is 2.78. The van der Waals surface area contributed by atoms with Crippen molar-refractivity contribution in [2.45, 2.75) is 11.0 Å². The molecule has 0 fully saturated rings. The number of allylic oxidation sites excluding steroid dienone is 2. The molecule has 11 heteroatoms. The Balaban J connectivity index is 0.000000304. The highest BCUT2D eigenvalue weighted by molar-refractivity contribution is 7.86. The first-order valence-corrected chi connectivity index (χ1v) is 5.89. The predicted molar refractivity (Wildman–Crippen MR) is 53.3 cm³/mol. The molecule has 0 saturated heterocycles. The second kappa shape index (κ2) is 5.89. The third-order valence-corrected chi connectivity index (χ3v) is 2.41. The van der Waals surface area contributed by atoms with Gasteiger partial charge in [-0.05, 0) is 12.2 Å². The monoisotopic (exact) mass is 317 g/mol. The van der Waals surface area contributed by atoms with Crippen LogP contribution in [0.1, 0.15) is 0 Å². The maximum Gasteiger partial charge on any atom is 0.522 e. The molecular weight excluding hydrogens is 313 g/mol. The van der Waals surface area contributed by atoms with Crippen molar-refractivity contribution in [3.63, 3.8) is 0 Å². The maximum absolute atomic E-state index is 12.4. The summed E-state index contributed by atoms with van der Waals surface area (Å²) in [5.41, 5.74) is -6.30. The Morgan fingerprint density at radius 2 is 1.82 bits per heavy atom. The van der Waals surface area contributed by atoms with Gasteiger partial charge in [-0.3, -0.25) is 4.55 Å². The van der Waals surface area contributed by atoms with Crippen LogP contribution in [-0.2, 0) is 10.1 Å². The fourth-order valence-corrected chi connectivity index (χ4v) is 0.908. The molecular formula is C6H5Cl2F4NO3S. The first kappa shape index (κ1) is 16.5. The lowest BCUT2D eigenvalue weighted by Crippen LogP contribution is -2.21. The minimum atomic E-state index is -5.84. The average Bonchev–Trinajstić information content (AvgIpc) is 2.12. The van der Waals surface area contributed by atoms with E-state index in [-0.39, 0.29) is 10.3 Å². The second-order valence-electron chi connectivity index (χ2n) is 2.48. The molecule has 4 nitrogen and oxygen atoms in total. The molecule has 0 aliphatic carbocycles. The fourth-order valence-electron chi connectivity index (χ4n) is 0.491. The maximum atomic E-state index is 12.4. The molecule has 1 atom stereocenters. The van der Waals surface area contributed by atoms with Crippen molar-refractivity contribution in [1.82, 2.24) is 5.12 Å². The quantitative estimate of drug-likeness (QED) is 0.186. The molecule has 0 amide bonds. The van der Waals surface area contributed by atoms with Gasteiger partial charge in [0.05, 0.1) is 0 Å². The number of rotatable bonds is 0. The SMILES string of the molecule is FN1C(Cl)=CC=CC1Cl.O=S(=O)(O)C(F)(F)F. The van der Waals surface area contributed by atoms with E-state index in [4.69, 9.17) is 36.2 Å². The van der Waals surface area contributed by atoms with E-state index in [0.29, 0.717) is 0 Å². The van der Waals surface area contributed by atoms with Crippen LogP contribution < -0.4 is 0 Å².